The Hall–Kier alpha value is -2.61. The van der Waals surface area contributed by atoms with Crippen molar-refractivity contribution >= 4 is 17.9 Å². The van der Waals surface area contributed by atoms with Crippen LogP contribution in [0, 0.1) is 5.92 Å². The number of hydrogen-bond acceptors (Lipinski definition) is 5. The van der Waals surface area contributed by atoms with Crippen molar-refractivity contribution in [3.05, 3.63) is 35.4 Å². The Morgan fingerprint density at radius 2 is 1.77 bits per heavy atom. The van der Waals surface area contributed by atoms with Crippen LogP contribution in [0.25, 0.3) is 0 Å². The standard InChI is InChI=1S/C27H43N3O5/c1-7-9-10-15-28-24(32)23(20-13-11-19(8-2)12-14-20)30(22-16-18(22)3)25(33)21(17-31)29-26(34)35-27(4,5)6/h11-14,18,21-23,31H,7-10,15-17H2,1-6H3,(H,28,32)(H,29,34). The number of alkyl carbamates (subject to hydrolysis) is 1. The fourth-order valence-corrected chi connectivity index (χ4v) is 4.04. The summed E-state index contributed by atoms with van der Waals surface area (Å²) in [6.07, 6.45) is 3.73. The average Bonchev–Trinajstić information content (AvgIpc) is 3.52. The Kier molecular flexibility index (Phi) is 10.6. The van der Waals surface area contributed by atoms with Gasteiger partial charge in [-0.25, -0.2) is 4.79 Å². The van der Waals surface area contributed by atoms with Crippen LogP contribution < -0.4 is 10.6 Å². The van der Waals surface area contributed by atoms with Crippen LogP contribution in [-0.4, -0.2) is 58.8 Å². The summed E-state index contributed by atoms with van der Waals surface area (Å²) in [6.45, 7) is 11.3. The van der Waals surface area contributed by atoms with E-state index in [0.29, 0.717) is 12.1 Å². The molecule has 4 atom stereocenters. The maximum atomic E-state index is 13.7. The van der Waals surface area contributed by atoms with Crippen LogP contribution in [-0.2, 0) is 20.7 Å². The molecule has 1 aromatic rings. The zero-order valence-electron chi connectivity index (χ0n) is 22.1. The minimum Gasteiger partial charge on any atom is -0.444 e. The van der Waals surface area contributed by atoms with Crippen molar-refractivity contribution in [2.45, 2.75) is 97.4 Å². The van der Waals surface area contributed by atoms with Crippen molar-refractivity contribution in [3.63, 3.8) is 0 Å². The number of ether oxygens (including phenoxy) is 1. The molecule has 3 amide bonds. The number of amides is 3. The molecule has 2 rings (SSSR count). The lowest BCUT2D eigenvalue weighted by Gasteiger charge is -2.34. The van der Waals surface area contributed by atoms with Gasteiger partial charge in [-0.3, -0.25) is 9.59 Å². The molecule has 3 N–H and O–H groups in total. The van der Waals surface area contributed by atoms with E-state index in [-0.39, 0.29) is 17.9 Å². The van der Waals surface area contributed by atoms with Crippen LogP contribution in [0.1, 0.15) is 84.4 Å². The van der Waals surface area contributed by atoms with Crippen molar-refractivity contribution in [1.82, 2.24) is 15.5 Å². The van der Waals surface area contributed by atoms with Crippen LogP contribution in [0.4, 0.5) is 4.79 Å². The molecule has 35 heavy (non-hydrogen) atoms. The number of aliphatic hydroxyl groups excluding tert-OH is 1. The van der Waals surface area contributed by atoms with Crippen molar-refractivity contribution < 1.29 is 24.2 Å². The van der Waals surface area contributed by atoms with Crippen molar-refractivity contribution in [1.29, 1.82) is 0 Å². The Morgan fingerprint density at radius 1 is 1.14 bits per heavy atom. The number of nitrogens with one attached hydrogen (secondary N) is 2. The molecule has 0 spiro atoms. The van der Waals surface area contributed by atoms with Crippen LogP contribution in [0.5, 0.6) is 0 Å². The van der Waals surface area contributed by atoms with Gasteiger partial charge in [0, 0.05) is 12.6 Å². The smallest absolute Gasteiger partial charge is 0.408 e. The van der Waals surface area contributed by atoms with E-state index in [2.05, 4.69) is 24.5 Å². The quantitative estimate of drug-likeness (QED) is 0.388. The summed E-state index contributed by atoms with van der Waals surface area (Å²) in [5.41, 5.74) is 1.09. The van der Waals surface area contributed by atoms with Crippen molar-refractivity contribution in [2.24, 2.45) is 5.92 Å². The molecule has 196 valence electrons. The Balaban J connectivity index is 2.36. The number of unbranched alkanes of at least 4 members (excludes halogenated alkanes) is 2. The SMILES string of the molecule is CCCCCNC(=O)C(c1ccc(CC)cc1)N(C(=O)C(CO)NC(=O)OC(C)(C)C)C1CC1C. The zero-order chi connectivity index (χ0) is 26.2. The largest absolute Gasteiger partial charge is 0.444 e. The molecule has 1 saturated carbocycles. The number of carbonyl (C=O) groups excluding carboxylic acids is 3. The number of aryl methyl sites for hydroxylation is 1. The molecule has 0 radical (unpaired) electrons. The summed E-state index contributed by atoms with van der Waals surface area (Å²) in [6, 6.07) is 5.47. The number of benzene rings is 1. The third-order valence-electron chi connectivity index (χ3n) is 6.16. The minimum atomic E-state index is -1.22. The lowest BCUT2D eigenvalue weighted by molar-refractivity contribution is -0.144. The predicted molar refractivity (Wildman–Crippen MR) is 136 cm³/mol. The molecule has 0 aromatic heterocycles. The molecule has 4 unspecified atom stereocenters. The maximum Gasteiger partial charge on any atom is 0.408 e. The number of hydrogen-bond donors (Lipinski definition) is 3. The Bertz CT molecular complexity index is 849. The van der Waals surface area contributed by atoms with Gasteiger partial charge < -0.3 is 25.4 Å². The van der Waals surface area contributed by atoms with Gasteiger partial charge in [-0.2, -0.15) is 0 Å². The minimum absolute atomic E-state index is 0.158. The molecule has 1 aromatic carbocycles. The number of aliphatic hydroxyl groups is 1. The Morgan fingerprint density at radius 3 is 2.26 bits per heavy atom. The van der Waals surface area contributed by atoms with E-state index < -0.39 is 36.3 Å². The molecular weight excluding hydrogens is 446 g/mol. The van der Waals surface area contributed by atoms with E-state index >= 15 is 0 Å². The second kappa shape index (κ2) is 12.9. The van der Waals surface area contributed by atoms with Gasteiger partial charge in [0.15, 0.2) is 0 Å². The van der Waals surface area contributed by atoms with Crippen LogP contribution in [0.2, 0.25) is 0 Å². The van der Waals surface area contributed by atoms with Crippen molar-refractivity contribution in [2.75, 3.05) is 13.2 Å². The highest BCUT2D eigenvalue weighted by Gasteiger charge is 2.48. The molecule has 1 aliphatic carbocycles. The summed E-state index contributed by atoms with van der Waals surface area (Å²) in [5.74, 6) is -0.544. The van der Waals surface area contributed by atoms with Gasteiger partial charge >= 0.3 is 6.09 Å². The summed E-state index contributed by atoms with van der Waals surface area (Å²) in [5, 5.41) is 15.5. The first-order valence-electron chi connectivity index (χ1n) is 12.8. The first kappa shape index (κ1) is 28.6. The highest BCUT2D eigenvalue weighted by molar-refractivity contribution is 5.92. The van der Waals surface area contributed by atoms with Crippen LogP contribution in [0.15, 0.2) is 24.3 Å². The topological polar surface area (TPSA) is 108 Å². The number of carbonyl (C=O) groups is 3. The molecule has 0 heterocycles. The second-order valence-electron chi connectivity index (χ2n) is 10.4. The van der Waals surface area contributed by atoms with E-state index in [4.69, 9.17) is 4.74 Å². The van der Waals surface area contributed by atoms with Gasteiger partial charge in [0.25, 0.3) is 0 Å². The first-order chi connectivity index (χ1) is 16.5. The molecule has 0 bridgehead atoms. The summed E-state index contributed by atoms with van der Waals surface area (Å²) in [7, 11) is 0. The zero-order valence-corrected chi connectivity index (χ0v) is 22.1. The van der Waals surface area contributed by atoms with E-state index in [1.54, 1.807) is 25.7 Å². The highest BCUT2D eigenvalue weighted by atomic mass is 16.6. The average molecular weight is 490 g/mol. The van der Waals surface area contributed by atoms with Gasteiger partial charge in [0.05, 0.1) is 6.61 Å². The molecule has 1 aliphatic rings. The van der Waals surface area contributed by atoms with Crippen molar-refractivity contribution in [3.8, 4) is 0 Å². The monoisotopic (exact) mass is 489 g/mol. The fourth-order valence-electron chi connectivity index (χ4n) is 4.04. The summed E-state index contributed by atoms with van der Waals surface area (Å²) < 4.78 is 5.28. The van der Waals surface area contributed by atoms with Crippen LogP contribution in [0.3, 0.4) is 0 Å². The molecular formula is C27H43N3O5. The van der Waals surface area contributed by atoms with E-state index in [1.807, 2.05) is 31.2 Å². The molecule has 0 aliphatic heterocycles. The highest BCUT2D eigenvalue weighted by Crippen LogP contribution is 2.40. The number of nitrogens with zero attached hydrogens (tertiary/aromatic N) is 1. The molecule has 8 heteroatoms. The normalized spacial score (nSPS) is 18.8. The molecule has 8 nitrogen and oxygen atoms in total. The summed E-state index contributed by atoms with van der Waals surface area (Å²) >= 11 is 0. The lowest BCUT2D eigenvalue weighted by Crippen LogP contribution is -2.55. The molecule has 0 saturated heterocycles. The van der Waals surface area contributed by atoms with E-state index in [9.17, 15) is 19.5 Å². The fraction of sp³-hybridized carbons (Fsp3) is 0.667. The maximum absolute atomic E-state index is 13.7. The first-order valence-corrected chi connectivity index (χ1v) is 12.8. The van der Waals surface area contributed by atoms with Gasteiger partial charge in [-0.1, -0.05) is 57.9 Å². The second-order valence-corrected chi connectivity index (χ2v) is 10.4. The van der Waals surface area contributed by atoms with Crippen LogP contribution >= 0.6 is 0 Å². The van der Waals surface area contributed by atoms with E-state index in [0.717, 1.165) is 37.7 Å². The van der Waals surface area contributed by atoms with Gasteiger partial charge in [0.2, 0.25) is 11.8 Å². The Labute approximate surface area is 209 Å². The third-order valence-corrected chi connectivity index (χ3v) is 6.16. The van der Waals surface area contributed by atoms with Gasteiger partial charge in [-0.05, 0) is 57.1 Å². The lowest BCUT2D eigenvalue weighted by atomic mass is 10.00. The molecule has 1 fully saturated rings. The van der Waals surface area contributed by atoms with Gasteiger partial charge in [-0.15, -0.1) is 0 Å². The predicted octanol–water partition coefficient (Wildman–Crippen LogP) is 3.72. The third kappa shape index (κ3) is 8.53. The van der Waals surface area contributed by atoms with E-state index in [1.165, 1.54) is 0 Å². The summed E-state index contributed by atoms with van der Waals surface area (Å²) in [4.78, 5) is 41.1. The number of rotatable bonds is 12. The van der Waals surface area contributed by atoms with Gasteiger partial charge in [0.1, 0.15) is 17.7 Å².